The topological polar surface area (TPSA) is 67.4 Å². The van der Waals surface area contributed by atoms with E-state index < -0.39 is 0 Å². The van der Waals surface area contributed by atoms with Gasteiger partial charge in [0.1, 0.15) is 0 Å². The maximum atomic E-state index is 11.7. The molecule has 6 heteroatoms. The number of halogens is 1. The molecule has 0 aliphatic heterocycles. The van der Waals surface area contributed by atoms with Gasteiger partial charge in [-0.15, -0.1) is 0 Å². The largest absolute Gasteiger partial charge is 0.462 e. The quantitative estimate of drug-likeness (QED) is 0.779. The third kappa shape index (κ3) is 5.30. The third-order valence-electron chi connectivity index (χ3n) is 2.43. The SMILES string of the molecule is CCOC(=O)c1ccc(NC(=O)CNC(C)C)c(Br)c1. The van der Waals surface area contributed by atoms with Gasteiger partial charge in [0.05, 0.1) is 24.4 Å². The second-order valence-electron chi connectivity index (χ2n) is 4.50. The summed E-state index contributed by atoms with van der Waals surface area (Å²) in [7, 11) is 0. The van der Waals surface area contributed by atoms with E-state index in [1.807, 2.05) is 13.8 Å². The van der Waals surface area contributed by atoms with Crippen molar-refractivity contribution in [3.05, 3.63) is 28.2 Å². The average Bonchev–Trinajstić information content (AvgIpc) is 2.39. The van der Waals surface area contributed by atoms with Crippen molar-refractivity contribution >= 4 is 33.5 Å². The molecular weight excluding hydrogens is 324 g/mol. The number of anilines is 1. The molecular formula is C14H19BrN2O3. The molecule has 0 fully saturated rings. The second-order valence-corrected chi connectivity index (χ2v) is 5.35. The molecule has 1 aromatic carbocycles. The molecule has 5 nitrogen and oxygen atoms in total. The van der Waals surface area contributed by atoms with Crippen LogP contribution in [-0.2, 0) is 9.53 Å². The molecule has 0 atom stereocenters. The third-order valence-corrected chi connectivity index (χ3v) is 3.08. The Morgan fingerprint density at radius 3 is 2.60 bits per heavy atom. The monoisotopic (exact) mass is 342 g/mol. The fourth-order valence-corrected chi connectivity index (χ4v) is 1.93. The van der Waals surface area contributed by atoms with Crippen LogP contribution in [0.15, 0.2) is 22.7 Å². The zero-order chi connectivity index (χ0) is 15.1. The highest BCUT2D eigenvalue weighted by Crippen LogP contribution is 2.24. The molecule has 0 radical (unpaired) electrons. The Morgan fingerprint density at radius 1 is 1.35 bits per heavy atom. The van der Waals surface area contributed by atoms with Gasteiger partial charge in [-0.1, -0.05) is 13.8 Å². The van der Waals surface area contributed by atoms with Gasteiger partial charge in [-0.05, 0) is 41.1 Å². The second kappa shape index (κ2) is 8.01. The molecule has 0 aliphatic carbocycles. The Kier molecular flexibility index (Phi) is 6.67. The summed E-state index contributed by atoms with van der Waals surface area (Å²) in [6, 6.07) is 5.16. The number of amides is 1. The zero-order valence-corrected chi connectivity index (χ0v) is 13.4. The lowest BCUT2D eigenvalue weighted by molar-refractivity contribution is -0.115. The van der Waals surface area contributed by atoms with Crippen LogP contribution in [0.2, 0.25) is 0 Å². The number of carbonyl (C=O) groups is 2. The first-order valence-electron chi connectivity index (χ1n) is 6.44. The van der Waals surface area contributed by atoms with Gasteiger partial charge in [0, 0.05) is 10.5 Å². The van der Waals surface area contributed by atoms with Crippen molar-refractivity contribution in [3.63, 3.8) is 0 Å². The summed E-state index contributed by atoms with van der Waals surface area (Å²) in [5.41, 5.74) is 1.06. The Bertz CT molecular complexity index is 489. The lowest BCUT2D eigenvalue weighted by Crippen LogP contribution is -2.32. The van der Waals surface area contributed by atoms with E-state index in [0.29, 0.717) is 22.3 Å². The summed E-state index contributed by atoms with van der Waals surface area (Å²) in [5, 5.41) is 5.79. The highest BCUT2D eigenvalue weighted by molar-refractivity contribution is 9.10. The van der Waals surface area contributed by atoms with Crippen LogP contribution >= 0.6 is 15.9 Å². The predicted octanol–water partition coefficient (Wildman–Crippen LogP) is 2.56. The van der Waals surface area contributed by atoms with Gasteiger partial charge in [-0.3, -0.25) is 4.79 Å². The Hall–Kier alpha value is -1.40. The lowest BCUT2D eigenvalue weighted by atomic mass is 10.2. The molecule has 0 aromatic heterocycles. The number of hydrogen-bond donors (Lipinski definition) is 2. The Labute approximate surface area is 127 Å². The van der Waals surface area contributed by atoms with Crippen LogP contribution in [0.4, 0.5) is 5.69 Å². The highest BCUT2D eigenvalue weighted by atomic mass is 79.9. The summed E-state index contributed by atoms with van der Waals surface area (Å²) in [6.45, 7) is 6.26. The normalized spacial score (nSPS) is 10.4. The van der Waals surface area contributed by atoms with Crippen molar-refractivity contribution in [2.24, 2.45) is 0 Å². The number of carbonyl (C=O) groups excluding carboxylic acids is 2. The van der Waals surface area contributed by atoms with E-state index in [-0.39, 0.29) is 24.5 Å². The number of esters is 1. The first-order valence-corrected chi connectivity index (χ1v) is 7.23. The first-order chi connectivity index (χ1) is 9.43. The van der Waals surface area contributed by atoms with E-state index in [2.05, 4.69) is 26.6 Å². The summed E-state index contributed by atoms with van der Waals surface area (Å²) in [5.74, 6) is -0.518. The zero-order valence-electron chi connectivity index (χ0n) is 11.8. The van der Waals surface area contributed by atoms with Crippen LogP contribution in [-0.4, -0.2) is 31.1 Å². The first kappa shape index (κ1) is 16.7. The van der Waals surface area contributed by atoms with Crippen molar-refractivity contribution in [3.8, 4) is 0 Å². The van der Waals surface area contributed by atoms with Gasteiger partial charge in [0.15, 0.2) is 0 Å². The van der Waals surface area contributed by atoms with Gasteiger partial charge in [-0.25, -0.2) is 4.79 Å². The number of ether oxygens (including phenoxy) is 1. The molecule has 1 rings (SSSR count). The molecule has 1 aromatic rings. The van der Waals surface area contributed by atoms with E-state index in [0.717, 1.165) is 0 Å². The highest BCUT2D eigenvalue weighted by Gasteiger charge is 2.11. The van der Waals surface area contributed by atoms with Gasteiger partial charge in [-0.2, -0.15) is 0 Å². The minimum atomic E-state index is -0.382. The minimum absolute atomic E-state index is 0.136. The number of nitrogens with one attached hydrogen (secondary N) is 2. The Balaban J connectivity index is 2.68. The molecule has 110 valence electrons. The molecule has 2 N–H and O–H groups in total. The number of hydrogen-bond acceptors (Lipinski definition) is 4. The van der Waals surface area contributed by atoms with Crippen molar-refractivity contribution in [1.82, 2.24) is 5.32 Å². The van der Waals surface area contributed by atoms with E-state index in [4.69, 9.17) is 4.74 Å². The van der Waals surface area contributed by atoms with E-state index in [9.17, 15) is 9.59 Å². The fraction of sp³-hybridized carbons (Fsp3) is 0.429. The molecule has 0 bridgehead atoms. The number of benzene rings is 1. The molecule has 0 aliphatic rings. The fourth-order valence-electron chi connectivity index (χ4n) is 1.45. The maximum absolute atomic E-state index is 11.7. The van der Waals surface area contributed by atoms with Crippen LogP contribution in [0, 0.1) is 0 Å². The van der Waals surface area contributed by atoms with E-state index in [1.54, 1.807) is 25.1 Å². The van der Waals surface area contributed by atoms with Crippen molar-refractivity contribution in [2.75, 3.05) is 18.5 Å². The lowest BCUT2D eigenvalue weighted by Gasteiger charge is -2.11. The molecule has 0 spiro atoms. The molecule has 0 unspecified atom stereocenters. The van der Waals surface area contributed by atoms with E-state index in [1.165, 1.54) is 0 Å². The summed E-state index contributed by atoms with van der Waals surface area (Å²) < 4.78 is 5.55. The maximum Gasteiger partial charge on any atom is 0.338 e. The van der Waals surface area contributed by atoms with E-state index >= 15 is 0 Å². The van der Waals surface area contributed by atoms with Gasteiger partial charge >= 0.3 is 5.97 Å². The van der Waals surface area contributed by atoms with Gasteiger partial charge in [0.2, 0.25) is 5.91 Å². The molecule has 1 amide bonds. The Morgan fingerprint density at radius 2 is 2.05 bits per heavy atom. The predicted molar refractivity (Wildman–Crippen MR) is 81.9 cm³/mol. The molecule has 0 saturated carbocycles. The van der Waals surface area contributed by atoms with Crippen LogP contribution in [0.3, 0.4) is 0 Å². The number of rotatable bonds is 6. The smallest absolute Gasteiger partial charge is 0.338 e. The van der Waals surface area contributed by atoms with Crippen LogP contribution in [0.5, 0.6) is 0 Å². The standard InChI is InChI=1S/C14H19BrN2O3/c1-4-20-14(19)10-5-6-12(11(15)7-10)17-13(18)8-16-9(2)3/h5-7,9,16H,4,8H2,1-3H3,(H,17,18). The van der Waals surface area contributed by atoms with Crippen molar-refractivity contribution < 1.29 is 14.3 Å². The summed E-state index contributed by atoms with van der Waals surface area (Å²) >= 11 is 3.33. The summed E-state index contributed by atoms with van der Waals surface area (Å²) in [4.78, 5) is 23.3. The van der Waals surface area contributed by atoms with Crippen LogP contribution in [0.1, 0.15) is 31.1 Å². The minimum Gasteiger partial charge on any atom is -0.462 e. The van der Waals surface area contributed by atoms with Crippen molar-refractivity contribution in [2.45, 2.75) is 26.8 Å². The molecule has 20 heavy (non-hydrogen) atoms. The average molecular weight is 343 g/mol. The van der Waals surface area contributed by atoms with Crippen LogP contribution in [0.25, 0.3) is 0 Å². The van der Waals surface area contributed by atoms with Crippen LogP contribution < -0.4 is 10.6 Å². The van der Waals surface area contributed by atoms with Gasteiger partial charge < -0.3 is 15.4 Å². The van der Waals surface area contributed by atoms with Crippen molar-refractivity contribution in [1.29, 1.82) is 0 Å². The molecule has 0 heterocycles. The van der Waals surface area contributed by atoms with Gasteiger partial charge in [0.25, 0.3) is 0 Å². The molecule has 0 saturated heterocycles. The summed E-state index contributed by atoms with van der Waals surface area (Å²) in [6.07, 6.45) is 0.